The van der Waals surface area contributed by atoms with E-state index in [0.717, 1.165) is 5.56 Å². The van der Waals surface area contributed by atoms with Gasteiger partial charge in [-0.3, -0.25) is 4.79 Å². The second-order valence-corrected chi connectivity index (χ2v) is 6.43. The summed E-state index contributed by atoms with van der Waals surface area (Å²) in [5.41, 5.74) is 1.50. The number of methoxy groups -OCH3 is 2. The molecule has 0 saturated carbocycles. The summed E-state index contributed by atoms with van der Waals surface area (Å²) in [5, 5.41) is 2.78. The number of hydrogen-bond donors (Lipinski definition) is 1. The Morgan fingerprint density at radius 2 is 1.93 bits per heavy atom. The van der Waals surface area contributed by atoms with Crippen LogP contribution in [-0.2, 0) is 14.3 Å². The van der Waals surface area contributed by atoms with E-state index in [1.807, 2.05) is 19.1 Å². The molecule has 0 aliphatic carbocycles. The molecule has 0 radical (unpaired) electrons. The van der Waals surface area contributed by atoms with Crippen LogP contribution in [0.2, 0.25) is 0 Å². The molecule has 1 atom stereocenters. The van der Waals surface area contributed by atoms with Crippen molar-refractivity contribution in [2.45, 2.75) is 13.0 Å². The highest BCUT2D eigenvalue weighted by atomic mass is 16.7. The van der Waals surface area contributed by atoms with Crippen LogP contribution in [0, 0.1) is 0 Å². The first-order valence-electron chi connectivity index (χ1n) is 9.26. The van der Waals surface area contributed by atoms with Crippen molar-refractivity contribution in [1.82, 2.24) is 5.32 Å². The van der Waals surface area contributed by atoms with Crippen LogP contribution in [-0.4, -0.2) is 39.5 Å². The van der Waals surface area contributed by atoms with Crippen molar-refractivity contribution in [2.24, 2.45) is 0 Å². The quantitative estimate of drug-likeness (QED) is 0.525. The molecule has 1 unspecified atom stereocenters. The van der Waals surface area contributed by atoms with Crippen LogP contribution in [0.1, 0.15) is 24.1 Å². The van der Waals surface area contributed by atoms with Gasteiger partial charge in [-0.05, 0) is 36.8 Å². The van der Waals surface area contributed by atoms with E-state index in [9.17, 15) is 9.59 Å². The van der Waals surface area contributed by atoms with E-state index in [-0.39, 0.29) is 12.8 Å². The van der Waals surface area contributed by atoms with Gasteiger partial charge in [0.2, 0.25) is 6.79 Å². The van der Waals surface area contributed by atoms with Gasteiger partial charge in [0.1, 0.15) is 0 Å². The summed E-state index contributed by atoms with van der Waals surface area (Å²) in [5.74, 6) is 1.29. The van der Waals surface area contributed by atoms with Gasteiger partial charge in [0.05, 0.1) is 20.3 Å². The average Bonchev–Trinajstić information content (AvgIpc) is 3.23. The number of amides is 1. The second-order valence-electron chi connectivity index (χ2n) is 6.43. The van der Waals surface area contributed by atoms with E-state index < -0.39 is 18.5 Å². The highest BCUT2D eigenvalue weighted by Crippen LogP contribution is 2.34. The molecule has 1 aliphatic rings. The van der Waals surface area contributed by atoms with Crippen molar-refractivity contribution >= 4 is 18.0 Å². The van der Waals surface area contributed by atoms with Gasteiger partial charge in [-0.25, -0.2) is 4.79 Å². The Morgan fingerprint density at radius 1 is 1.13 bits per heavy atom. The van der Waals surface area contributed by atoms with Gasteiger partial charge in [0.25, 0.3) is 5.91 Å². The molecule has 0 saturated heterocycles. The number of benzene rings is 2. The molecule has 1 aliphatic heterocycles. The smallest absolute Gasteiger partial charge is 0.331 e. The summed E-state index contributed by atoms with van der Waals surface area (Å²) in [6, 6.07) is 10.4. The number of esters is 1. The molecule has 2 aromatic rings. The molecule has 0 spiro atoms. The van der Waals surface area contributed by atoms with Crippen LogP contribution in [0.4, 0.5) is 0 Å². The number of carbonyl (C=O) groups is 2. The summed E-state index contributed by atoms with van der Waals surface area (Å²) < 4.78 is 26.1. The normalized spacial score (nSPS) is 13.0. The molecule has 30 heavy (non-hydrogen) atoms. The molecule has 1 N–H and O–H groups in total. The van der Waals surface area contributed by atoms with Crippen molar-refractivity contribution in [3.63, 3.8) is 0 Å². The number of ether oxygens (including phenoxy) is 5. The minimum atomic E-state index is -0.647. The predicted octanol–water partition coefficient (Wildman–Crippen LogP) is 2.87. The minimum Gasteiger partial charge on any atom is -0.493 e. The average molecular weight is 413 g/mol. The highest BCUT2D eigenvalue weighted by Gasteiger charge is 2.17. The first-order valence-corrected chi connectivity index (χ1v) is 9.26. The maximum absolute atomic E-state index is 12.1. The Bertz CT molecular complexity index is 954. The third kappa shape index (κ3) is 5.02. The molecule has 2 aromatic carbocycles. The standard InChI is InChI=1S/C22H23NO7/c1-14(16-7-9-17-19(11-16)30-13-29-17)23-20(24)12-28-21(25)10-8-15-5-4-6-18(26-2)22(15)27-3/h4-11,14H,12-13H2,1-3H3,(H,23,24)/b10-8+. The number of rotatable bonds is 8. The maximum atomic E-state index is 12.1. The Kier molecular flexibility index (Phi) is 6.79. The predicted molar refractivity (Wildman–Crippen MR) is 109 cm³/mol. The fourth-order valence-electron chi connectivity index (χ4n) is 2.93. The van der Waals surface area contributed by atoms with Crippen LogP contribution in [0.5, 0.6) is 23.0 Å². The van der Waals surface area contributed by atoms with Crippen molar-refractivity contribution < 1.29 is 33.3 Å². The molecular weight excluding hydrogens is 390 g/mol. The topological polar surface area (TPSA) is 92.3 Å². The Balaban J connectivity index is 1.51. The Hall–Kier alpha value is -3.68. The van der Waals surface area contributed by atoms with E-state index in [0.29, 0.717) is 28.6 Å². The zero-order valence-corrected chi connectivity index (χ0v) is 17.0. The largest absolute Gasteiger partial charge is 0.493 e. The molecule has 1 amide bonds. The van der Waals surface area contributed by atoms with Crippen LogP contribution in [0.25, 0.3) is 6.08 Å². The van der Waals surface area contributed by atoms with Gasteiger partial charge < -0.3 is 29.0 Å². The summed E-state index contributed by atoms with van der Waals surface area (Å²) in [6.45, 7) is 1.62. The Morgan fingerprint density at radius 3 is 2.70 bits per heavy atom. The lowest BCUT2D eigenvalue weighted by atomic mass is 10.1. The van der Waals surface area contributed by atoms with Crippen molar-refractivity contribution in [3.8, 4) is 23.0 Å². The molecule has 3 rings (SSSR count). The zero-order valence-electron chi connectivity index (χ0n) is 17.0. The summed E-state index contributed by atoms with van der Waals surface area (Å²) in [6.07, 6.45) is 2.77. The highest BCUT2D eigenvalue weighted by molar-refractivity contribution is 5.90. The number of hydrogen-bond acceptors (Lipinski definition) is 7. The summed E-state index contributed by atoms with van der Waals surface area (Å²) in [4.78, 5) is 24.1. The molecule has 0 aromatic heterocycles. The summed E-state index contributed by atoms with van der Waals surface area (Å²) in [7, 11) is 3.04. The van der Waals surface area contributed by atoms with Crippen LogP contribution < -0.4 is 24.3 Å². The lowest BCUT2D eigenvalue weighted by Crippen LogP contribution is -2.30. The first-order chi connectivity index (χ1) is 14.5. The molecule has 1 heterocycles. The van der Waals surface area contributed by atoms with Gasteiger partial charge in [-0.15, -0.1) is 0 Å². The molecular formula is C22H23NO7. The lowest BCUT2D eigenvalue weighted by molar-refractivity contribution is -0.144. The van der Waals surface area contributed by atoms with Crippen LogP contribution in [0.3, 0.4) is 0 Å². The number of para-hydroxylation sites is 1. The van der Waals surface area contributed by atoms with E-state index in [1.165, 1.54) is 26.4 Å². The van der Waals surface area contributed by atoms with E-state index in [1.54, 1.807) is 24.3 Å². The SMILES string of the molecule is COc1cccc(/C=C/C(=O)OCC(=O)NC(C)c2ccc3c(c2)OCO3)c1OC. The molecule has 8 nitrogen and oxygen atoms in total. The Labute approximate surface area is 174 Å². The van der Waals surface area contributed by atoms with Crippen LogP contribution in [0.15, 0.2) is 42.5 Å². The van der Waals surface area contributed by atoms with Crippen molar-refractivity contribution in [1.29, 1.82) is 0 Å². The fourth-order valence-corrected chi connectivity index (χ4v) is 2.93. The van der Waals surface area contributed by atoms with Gasteiger partial charge in [0.15, 0.2) is 29.6 Å². The van der Waals surface area contributed by atoms with Crippen molar-refractivity contribution in [2.75, 3.05) is 27.6 Å². The fraction of sp³-hybridized carbons (Fsp3) is 0.273. The van der Waals surface area contributed by atoms with Crippen molar-refractivity contribution in [3.05, 3.63) is 53.6 Å². The van der Waals surface area contributed by atoms with Gasteiger partial charge in [-0.2, -0.15) is 0 Å². The third-order valence-electron chi connectivity index (χ3n) is 4.45. The molecule has 0 bridgehead atoms. The first kappa shape index (κ1) is 21.0. The lowest BCUT2D eigenvalue weighted by Gasteiger charge is -2.14. The number of nitrogens with one attached hydrogen (secondary N) is 1. The molecule has 158 valence electrons. The number of carbonyl (C=O) groups excluding carboxylic acids is 2. The van der Waals surface area contributed by atoms with E-state index in [2.05, 4.69) is 5.32 Å². The van der Waals surface area contributed by atoms with Gasteiger partial charge in [-0.1, -0.05) is 18.2 Å². The van der Waals surface area contributed by atoms with Gasteiger partial charge >= 0.3 is 5.97 Å². The molecule has 8 heteroatoms. The monoisotopic (exact) mass is 413 g/mol. The maximum Gasteiger partial charge on any atom is 0.331 e. The number of fused-ring (bicyclic) bond motifs is 1. The van der Waals surface area contributed by atoms with E-state index >= 15 is 0 Å². The van der Waals surface area contributed by atoms with Crippen LogP contribution >= 0.6 is 0 Å². The third-order valence-corrected chi connectivity index (χ3v) is 4.45. The minimum absolute atomic E-state index is 0.185. The zero-order chi connectivity index (χ0) is 21.5. The summed E-state index contributed by atoms with van der Waals surface area (Å²) >= 11 is 0. The second kappa shape index (κ2) is 9.69. The van der Waals surface area contributed by atoms with E-state index in [4.69, 9.17) is 23.7 Å². The molecule has 0 fully saturated rings. The van der Waals surface area contributed by atoms with Gasteiger partial charge in [0, 0.05) is 11.6 Å².